The average Bonchev–Trinajstić information content (AvgIpc) is 2.99. The molecule has 0 spiro atoms. The molecule has 0 aliphatic heterocycles. The predicted octanol–water partition coefficient (Wildman–Crippen LogP) is 3.54. The van der Waals surface area contributed by atoms with Gasteiger partial charge in [0.1, 0.15) is 0 Å². The molecule has 3 aromatic rings. The molecule has 0 atom stereocenters. The van der Waals surface area contributed by atoms with E-state index in [0.717, 1.165) is 34.5 Å². The van der Waals surface area contributed by atoms with Crippen molar-refractivity contribution >= 4 is 23.4 Å². The lowest BCUT2D eigenvalue weighted by atomic mass is 10.1. The standard InChI is InChI=1S/C18H19ClN4S/c1-12-6-7-13(2)16(10-12)23-17(14-4-3-5-15(19)11-14)21-22-18(23)24-9-8-20/h3-7,10-11H,8-9,20H2,1-2H3/p+1. The molecule has 0 aliphatic carbocycles. The smallest absolute Gasteiger partial charge is 0.196 e. The lowest BCUT2D eigenvalue weighted by molar-refractivity contribution is -0.360. The van der Waals surface area contributed by atoms with Gasteiger partial charge in [0.15, 0.2) is 11.0 Å². The van der Waals surface area contributed by atoms with E-state index in [9.17, 15) is 0 Å². The molecule has 0 bridgehead atoms. The van der Waals surface area contributed by atoms with Crippen LogP contribution in [0.2, 0.25) is 5.02 Å². The van der Waals surface area contributed by atoms with Gasteiger partial charge in [-0.15, -0.1) is 10.2 Å². The summed E-state index contributed by atoms with van der Waals surface area (Å²) in [5.41, 5.74) is 8.35. The fourth-order valence-corrected chi connectivity index (χ4v) is 3.45. The number of quaternary nitrogens is 1. The number of hydrogen-bond donors (Lipinski definition) is 1. The Morgan fingerprint density at radius 2 is 1.96 bits per heavy atom. The van der Waals surface area contributed by atoms with Gasteiger partial charge in [-0.2, -0.15) is 0 Å². The maximum absolute atomic E-state index is 6.17. The summed E-state index contributed by atoms with van der Waals surface area (Å²) in [7, 11) is 0. The van der Waals surface area contributed by atoms with E-state index >= 15 is 0 Å². The minimum absolute atomic E-state index is 0.690. The van der Waals surface area contributed by atoms with Gasteiger partial charge >= 0.3 is 0 Å². The second-order valence-electron chi connectivity index (χ2n) is 5.64. The quantitative estimate of drug-likeness (QED) is 0.709. The monoisotopic (exact) mass is 359 g/mol. The lowest BCUT2D eigenvalue weighted by Crippen LogP contribution is -2.51. The van der Waals surface area contributed by atoms with E-state index in [1.165, 1.54) is 11.1 Å². The molecule has 4 nitrogen and oxygen atoms in total. The van der Waals surface area contributed by atoms with Crippen molar-refractivity contribution < 1.29 is 5.73 Å². The number of aromatic nitrogens is 3. The summed E-state index contributed by atoms with van der Waals surface area (Å²) in [5.74, 6) is 1.70. The summed E-state index contributed by atoms with van der Waals surface area (Å²) in [6.45, 7) is 5.04. The number of halogens is 1. The zero-order valence-corrected chi connectivity index (χ0v) is 15.4. The Morgan fingerprint density at radius 3 is 2.71 bits per heavy atom. The van der Waals surface area contributed by atoms with Crippen molar-refractivity contribution in [3.05, 3.63) is 58.6 Å². The summed E-state index contributed by atoms with van der Waals surface area (Å²) in [6.07, 6.45) is 0. The average molecular weight is 360 g/mol. The molecule has 2 aromatic carbocycles. The van der Waals surface area contributed by atoms with Crippen LogP contribution in [0, 0.1) is 13.8 Å². The number of thioether (sulfide) groups is 1. The van der Waals surface area contributed by atoms with E-state index in [1.54, 1.807) is 11.8 Å². The van der Waals surface area contributed by atoms with E-state index in [1.807, 2.05) is 24.3 Å². The van der Waals surface area contributed by atoms with Crippen molar-refractivity contribution in [1.29, 1.82) is 0 Å². The zero-order valence-electron chi connectivity index (χ0n) is 13.8. The number of aryl methyl sites for hydroxylation is 2. The Bertz CT molecular complexity index is 860. The van der Waals surface area contributed by atoms with Crippen LogP contribution in [0.3, 0.4) is 0 Å². The van der Waals surface area contributed by atoms with Gasteiger partial charge in [0, 0.05) is 10.6 Å². The number of hydrogen-bond acceptors (Lipinski definition) is 3. The molecule has 3 rings (SSSR count). The van der Waals surface area contributed by atoms with Crippen LogP contribution in [-0.4, -0.2) is 27.1 Å². The Kier molecular flexibility index (Phi) is 5.23. The molecule has 6 heteroatoms. The number of nitrogens with zero attached hydrogens (tertiary/aromatic N) is 3. The van der Waals surface area contributed by atoms with Gasteiger partial charge < -0.3 is 5.73 Å². The first-order valence-corrected chi connectivity index (χ1v) is 9.17. The first kappa shape index (κ1) is 17.0. The molecule has 124 valence electrons. The molecular weight excluding hydrogens is 340 g/mol. The van der Waals surface area contributed by atoms with Gasteiger partial charge in [0.2, 0.25) is 0 Å². The van der Waals surface area contributed by atoms with Gasteiger partial charge in [-0.1, -0.05) is 47.6 Å². The molecule has 24 heavy (non-hydrogen) atoms. The Hall–Kier alpha value is -1.82. The van der Waals surface area contributed by atoms with Gasteiger partial charge in [-0.05, 0) is 43.2 Å². The largest absolute Gasteiger partial charge is 0.357 e. The van der Waals surface area contributed by atoms with Gasteiger partial charge in [0.05, 0.1) is 18.0 Å². The molecule has 1 heterocycles. The Labute approximate surface area is 151 Å². The fraction of sp³-hybridized carbons (Fsp3) is 0.222. The summed E-state index contributed by atoms with van der Waals surface area (Å²) >= 11 is 7.84. The summed E-state index contributed by atoms with van der Waals surface area (Å²) in [6, 6.07) is 14.1. The van der Waals surface area contributed by atoms with E-state index in [2.05, 4.69) is 52.5 Å². The van der Waals surface area contributed by atoms with E-state index in [-0.39, 0.29) is 0 Å². The second kappa shape index (κ2) is 7.38. The highest BCUT2D eigenvalue weighted by molar-refractivity contribution is 7.99. The van der Waals surface area contributed by atoms with Crippen LogP contribution >= 0.6 is 23.4 Å². The number of benzene rings is 2. The van der Waals surface area contributed by atoms with Crippen LogP contribution in [0.15, 0.2) is 47.6 Å². The highest BCUT2D eigenvalue weighted by Gasteiger charge is 2.17. The maximum atomic E-state index is 6.17. The Balaban J connectivity index is 2.20. The molecule has 0 unspecified atom stereocenters. The van der Waals surface area contributed by atoms with Crippen molar-refractivity contribution in [1.82, 2.24) is 14.8 Å². The highest BCUT2D eigenvalue weighted by Crippen LogP contribution is 2.30. The van der Waals surface area contributed by atoms with Gasteiger partial charge in [0.25, 0.3) is 0 Å². The van der Waals surface area contributed by atoms with Crippen LogP contribution in [0.4, 0.5) is 0 Å². The SMILES string of the molecule is Cc1ccc(C)c(-n2c(SCC[NH3+])nnc2-c2cccc(Cl)c2)c1. The maximum Gasteiger partial charge on any atom is 0.196 e. The molecule has 0 aliphatic rings. The molecule has 0 fully saturated rings. The predicted molar refractivity (Wildman–Crippen MR) is 99.8 cm³/mol. The second-order valence-corrected chi connectivity index (χ2v) is 7.14. The van der Waals surface area contributed by atoms with E-state index < -0.39 is 0 Å². The topological polar surface area (TPSA) is 58.4 Å². The minimum Gasteiger partial charge on any atom is -0.357 e. The van der Waals surface area contributed by atoms with Gasteiger partial charge in [-0.3, -0.25) is 4.57 Å². The molecule has 3 N–H and O–H groups in total. The fourth-order valence-electron chi connectivity index (χ4n) is 2.52. The van der Waals surface area contributed by atoms with E-state index in [4.69, 9.17) is 11.6 Å². The zero-order chi connectivity index (χ0) is 17.1. The first-order chi connectivity index (χ1) is 11.6. The third-order valence-electron chi connectivity index (χ3n) is 3.70. The lowest BCUT2D eigenvalue weighted by Gasteiger charge is -2.13. The van der Waals surface area contributed by atoms with Crippen molar-refractivity contribution in [3.8, 4) is 17.1 Å². The van der Waals surface area contributed by atoms with Crippen molar-refractivity contribution in [2.45, 2.75) is 19.0 Å². The van der Waals surface area contributed by atoms with Crippen LogP contribution in [-0.2, 0) is 0 Å². The van der Waals surface area contributed by atoms with Crippen LogP contribution in [0.5, 0.6) is 0 Å². The van der Waals surface area contributed by atoms with Gasteiger partial charge in [-0.25, -0.2) is 0 Å². The van der Waals surface area contributed by atoms with E-state index in [0.29, 0.717) is 5.02 Å². The highest BCUT2D eigenvalue weighted by atomic mass is 35.5. The summed E-state index contributed by atoms with van der Waals surface area (Å²) in [5, 5.41) is 10.4. The summed E-state index contributed by atoms with van der Waals surface area (Å²) in [4.78, 5) is 0. The molecule has 0 saturated carbocycles. The normalized spacial score (nSPS) is 11.0. The van der Waals surface area contributed by atoms with Crippen LogP contribution in [0.25, 0.3) is 17.1 Å². The molecular formula is C18H20ClN4S+. The minimum atomic E-state index is 0.690. The number of rotatable bonds is 5. The first-order valence-electron chi connectivity index (χ1n) is 7.81. The van der Waals surface area contributed by atoms with Crippen molar-refractivity contribution in [2.75, 3.05) is 12.3 Å². The molecule has 0 saturated heterocycles. The third-order valence-corrected chi connectivity index (χ3v) is 4.95. The van der Waals surface area contributed by atoms with Crippen LogP contribution in [0.1, 0.15) is 11.1 Å². The molecule has 0 amide bonds. The Morgan fingerprint density at radius 1 is 1.12 bits per heavy atom. The van der Waals surface area contributed by atoms with Crippen molar-refractivity contribution in [3.63, 3.8) is 0 Å². The molecule has 1 aromatic heterocycles. The van der Waals surface area contributed by atoms with Crippen LogP contribution < -0.4 is 5.73 Å². The summed E-state index contributed by atoms with van der Waals surface area (Å²) < 4.78 is 2.12. The molecule has 0 radical (unpaired) electrons. The van der Waals surface area contributed by atoms with Crippen molar-refractivity contribution in [2.24, 2.45) is 0 Å². The third kappa shape index (κ3) is 3.48.